The molecule has 0 bridgehead atoms. The molecule has 7 heteroatoms. The lowest BCUT2D eigenvalue weighted by molar-refractivity contribution is 0.0950. The summed E-state index contributed by atoms with van der Waals surface area (Å²) < 4.78 is 7.00. The van der Waals surface area contributed by atoms with E-state index in [1.807, 2.05) is 59.4 Å². The smallest absolute Gasteiger partial charge is 0.291 e. The van der Waals surface area contributed by atoms with Crippen molar-refractivity contribution in [3.8, 4) is 11.3 Å². The lowest BCUT2D eigenvalue weighted by Crippen LogP contribution is -2.23. The number of furan rings is 1. The monoisotopic (exact) mass is 476 g/mol. The molecule has 0 aliphatic heterocycles. The van der Waals surface area contributed by atoms with Crippen molar-refractivity contribution in [1.82, 2.24) is 15.1 Å². The number of carbonyl (C=O) groups excluding carboxylic acids is 2. The average Bonchev–Trinajstić information content (AvgIpc) is 3.60. The Labute approximate surface area is 208 Å². The molecule has 0 aliphatic carbocycles. The number of carbonyl (C=O) groups is 2. The lowest BCUT2D eigenvalue weighted by Gasteiger charge is -2.07. The van der Waals surface area contributed by atoms with E-state index in [2.05, 4.69) is 22.8 Å². The quantitative estimate of drug-likeness (QED) is 0.315. The lowest BCUT2D eigenvalue weighted by atomic mass is 10.1. The van der Waals surface area contributed by atoms with Gasteiger partial charge in [0.2, 0.25) is 0 Å². The summed E-state index contributed by atoms with van der Waals surface area (Å²) in [6.07, 6.45) is 3.42. The number of nitrogens with zero attached hydrogens (tertiary/aromatic N) is 2. The minimum Gasteiger partial charge on any atom is -0.459 e. The van der Waals surface area contributed by atoms with Gasteiger partial charge in [0.1, 0.15) is 0 Å². The SMILES string of the molecule is O=C(NCc1cn(Cc2ccccc2)nc1-c1ccccc1)c1ccc(NC(=O)c2ccco2)cc1. The number of anilines is 1. The molecule has 178 valence electrons. The molecule has 2 heterocycles. The van der Waals surface area contributed by atoms with E-state index in [-0.39, 0.29) is 17.6 Å². The van der Waals surface area contributed by atoms with Crippen LogP contribution >= 0.6 is 0 Å². The first kappa shape index (κ1) is 22.9. The van der Waals surface area contributed by atoms with Gasteiger partial charge in [-0.3, -0.25) is 14.3 Å². The number of amides is 2. The van der Waals surface area contributed by atoms with E-state index in [0.29, 0.717) is 24.3 Å². The number of benzene rings is 3. The van der Waals surface area contributed by atoms with Crippen LogP contribution in [0.5, 0.6) is 0 Å². The molecule has 3 aromatic carbocycles. The molecule has 36 heavy (non-hydrogen) atoms. The van der Waals surface area contributed by atoms with Gasteiger partial charge in [-0.1, -0.05) is 60.7 Å². The second-order valence-corrected chi connectivity index (χ2v) is 8.24. The molecular formula is C29H24N4O3. The third-order valence-corrected chi connectivity index (χ3v) is 5.66. The van der Waals surface area contributed by atoms with Crippen LogP contribution in [-0.4, -0.2) is 21.6 Å². The first-order valence-corrected chi connectivity index (χ1v) is 11.5. The zero-order chi connectivity index (χ0) is 24.7. The van der Waals surface area contributed by atoms with Crippen molar-refractivity contribution in [3.05, 3.63) is 132 Å². The van der Waals surface area contributed by atoms with Gasteiger partial charge in [0.25, 0.3) is 11.8 Å². The normalized spacial score (nSPS) is 10.7. The highest BCUT2D eigenvalue weighted by molar-refractivity contribution is 6.02. The van der Waals surface area contributed by atoms with E-state index in [4.69, 9.17) is 9.52 Å². The molecule has 2 aromatic heterocycles. The Morgan fingerprint density at radius 3 is 2.22 bits per heavy atom. The van der Waals surface area contributed by atoms with Crippen LogP contribution in [-0.2, 0) is 13.1 Å². The molecule has 0 aliphatic rings. The fourth-order valence-electron chi connectivity index (χ4n) is 3.87. The third kappa shape index (κ3) is 5.42. The predicted molar refractivity (Wildman–Crippen MR) is 137 cm³/mol. The average molecular weight is 477 g/mol. The molecule has 0 saturated carbocycles. The molecule has 0 radical (unpaired) electrons. The van der Waals surface area contributed by atoms with E-state index < -0.39 is 0 Å². The topological polar surface area (TPSA) is 89.2 Å². The summed E-state index contributed by atoms with van der Waals surface area (Å²) >= 11 is 0. The van der Waals surface area contributed by atoms with Gasteiger partial charge in [0.05, 0.1) is 18.5 Å². The van der Waals surface area contributed by atoms with Gasteiger partial charge in [-0.15, -0.1) is 0 Å². The zero-order valence-corrected chi connectivity index (χ0v) is 19.4. The Bertz CT molecular complexity index is 1440. The molecular weight excluding hydrogens is 452 g/mol. The van der Waals surface area contributed by atoms with Crippen molar-refractivity contribution >= 4 is 17.5 Å². The van der Waals surface area contributed by atoms with Crippen LogP contribution in [0, 0.1) is 0 Å². The highest BCUT2D eigenvalue weighted by atomic mass is 16.3. The van der Waals surface area contributed by atoms with E-state index in [0.717, 1.165) is 22.4 Å². The van der Waals surface area contributed by atoms with Crippen LogP contribution in [0.15, 0.2) is 114 Å². The Kier molecular flexibility index (Phi) is 6.71. The number of rotatable bonds is 8. The molecule has 0 saturated heterocycles. The summed E-state index contributed by atoms with van der Waals surface area (Å²) in [5, 5.41) is 10.5. The van der Waals surface area contributed by atoms with Crippen LogP contribution in [0.3, 0.4) is 0 Å². The zero-order valence-electron chi connectivity index (χ0n) is 19.4. The highest BCUT2D eigenvalue weighted by Gasteiger charge is 2.14. The van der Waals surface area contributed by atoms with Gasteiger partial charge < -0.3 is 15.1 Å². The molecule has 0 spiro atoms. The largest absolute Gasteiger partial charge is 0.459 e. The first-order chi connectivity index (χ1) is 17.7. The second-order valence-electron chi connectivity index (χ2n) is 8.24. The fourth-order valence-corrected chi connectivity index (χ4v) is 3.87. The first-order valence-electron chi connectivity index (χ1n) is 11.5. The number of hydrogen-bond donors (Lipinski definition) is 2. The van der Waals surface area contributed by atoms with E-state index >= 15 is 0 Å². The number of nitrogens with one attached hydrogen (secondary N) is 2. The summed E-state index contributed by atoms with van der Waals surface area (Å²) in [7, 11) is 0. The van der Waals surface area contributed by atoms with Crippen molar-refractivity contribution < 1.29 is 14.0 Å². The molecule has 2 N–H and O–H groups in total. The van der Waals surface area contributed by atoms with Gasteiger partial charge in [0, 0.05) is 35.1 Å². The fraction of sp³-hybridized carbons (Fsp3) is 0.0690. The molecule has 0 fully saturated rings. The van der Waals surface area contributed by atoms with Crippen LogP contribution in [0.4, 0.5) is 5.69 Å². The highest BCUT2D eigenvalue weighted by Crippen LogP contribution is 2.22. The van der Waals surface area contributed by atoms with E-state index in [1.54, 1.807) is 36.4 Å². The van der Waals surface area contributed by atoms with Crippen LogP contribution < -0.4 is 10.6 Å². The Morgan fingerprint density at radius 2 is 1.53 bits per heavy atom. The van der Waals surface area contributed by atoms with E-state index in [9.17, 15) is 9.59 Å². The van der Waals surface area contributed by atoms with Crippen molar-refractivity contribution in [2.75, 3.05) is 5.32 Å². The van der Waals surface area contributed by atoms with E-state index in [1.165, 1.54) is 6.26 Å². The molecule has 0 atom stereocenters. The molecule has 5 aromatic rings. The third-order valence-electron chi connectivity index (χ3n) is 5.66. The Balaban J connectivity index is 1.28. The second kappa shape index (κ2) is 10.6. The minimum atomic E-state index is -0.349. The standard InChI is InChI=1S/C29H24N4O3/c34-28(23-13-15-25(16-14-23)31-29(35)26-12-7-17-36-26)30-18-24-20-33(19-21-8-3-1-4-9-21)32-27(24)22-10-5-2-6-11-22/h1-17,20H,18-19H2,(H,30,34)(H,31,35). The van der Waals surface area contributed by atoms with Crippen molar-refractivity contribution in [2.45, 2.75) is 13.1 Å². The summed E-state index contributed by atoms with van der Waals surface area (Å²) in [5.74, 6) is -0.342. The summed E-state index contributed by atoms with van der Waals surface area (Å²) in [5.41, 5.74) is 4.96. The maximum Gasteiger partial charge on any atom is 0.291 e. The Hall–Kier alpha value is -4.91. The summed E-state index contributed by atoms with van der Waals surface area (Å²) in [4.78, 5) is 25.0. The predicted octanol–water partition coefficient (Wildman–Crippen LogP) is 5.37. The van der Waals surface area contributed by atoms with Gasteiger partial charge >= 0.3 is 0 Å². The van der Waals surface area contributed by atoms with Gasteiger partial charge in [0.15, 0.2) is 5.76 Å². The van der Waals surface area contributed by atoms with Crippen molar-refractivity contribution in [1.29, 1.82) is 0 Å². The molecule has 5 rings (SSSR count). The minimum absolute atomic E-state index is 0.214. The molecule has 7 nitrogen and oxygen atoms in total. The van der Waals surface area contributed by atoms with Crippen molar-refractivity contribution in [3.63, 3.8) is 0 Å². The van der Waals surface area contributed by atoms with Gasteiger partial charge in [-0.25, -0.2) is 0 Å². The Morgan fingerprint density at radius 1 is 0.806 bits per heavy atom. The maximum atomic E-state index is 12.8. The van der Waals surface area contributed by atoms with Crippen LogP contribution in [0.2, 0.25) is 0 Å². The summed E-state index contributed by atoms with van der Waals surface area (Å²) in [6, 6.07) is 30.0. The van der Waals surface area contributed by atoms with Crippen LogP contribution in [0.1, 0.15) is 32.0 Å². The number of aromatic nitrogens is 2. The number of hydrogen-bond acceptors (Lipinski definition) is 4. The van der Waals surface area contributed by atoms with Crippen molar-refractivity contribution in [2.24, 2.45) is 0 Å². The van der Waals surface area contributed by atoms with Crippen LogP contribution in [0.25, 0.3) is 11.3 Å². The molecule has 2 amide bonds. The van der Waals surface area contributed by atoms with Gasteiger partial charge in [-0.05, 0) is 42.0 Å². The van der Waals surface area contributed by atoms with Gasteiger partial charge in [-0.2, -0.15) is 5.10 Å². The summed E-state index contributed by atoms with van der Waals surface area (Å²) in [6.45, 7) is 0.967. The molecule has 0 unspecified atom stereocenters. The maximum absolute atomic E-state index is 12.8.